The molecule has 0 saturated carbocycles. The number of H-pyrrole nitrogens is 1. The van der Waals surface area contributed by atoms with Gasteiger partial charge in [0.15, 0.2) is 0 Å². The van der Waals surface area contributed by atoms with Crippen molar-refractivity contribution in [1.29, 1.82) is 0 Å². The van der Waals surface area contributed by atoms with Crippen molar-refractivity contribution in [3.63, 3.8) is 0 Å². The van der Waals surface area contributed by atoms with Gasteiger partial charge in [-0.2, -0.15) is 18.3 Å². The van der Waals surface area contributed by atoms with Gasteiger partial charge in [-0.1, -0.05) is 147 Å². The fourth-order valence-electron chi connectivity index (χ4n) is 7.15. The molecule has 39 heavy (non-hydrogen) atoms. The van der Waals surface area contributed by atoms with Gasteiger partial charge in [-0.05, 0) is 43.1 Å². The number of fused-ring (bicyclic) bond motifs is 1. The van der Waals surface area contributed by atoms with Gasteiger partial charge >= 0.3 is 6.18 Å². The average molecular weight is 591 g/mol. The van der Waals surface area contributed by atoms with Crippen molar-refractivity contribution < 1.29 is 13.2 Å². The number of nitrogens with zero attached hydrogens (tertiary/aromatic N) is 1. The first-order chi connectivity index (χ1) is 16.8. The summed E-state index contributed by atoms with van der Waals surface area (Å²) in [5, 5.41) is 9.49. The van der Waals surface area contributed by atoms with Crippen LogP contribution in [0.25, 0.3) is 10.9 Å². The van der Waals surface area contributed by atoms with Crippen LogP contribution in [0.3, 0.4) is 0 Å². The van der Waals surface area contributed by atoms with Crippen LogP contribution < -0.4 is 0 Å². The number of halogens is 3. The standard InChI is InChI=1S/2C12H27P.C8H5F3N2/c2*1-10(2,3)13(11(4,5)6)12(7,8)9;9-8(10,11)6-2-1-5-4-12-13-7(5)3-6/h2*1-9H3;1-4H,(H,12,13). The lowest BCUT2D eigenvalue weighted by atomic mass is 10.1. The van der Waals surface area contributed by atoms with E-state index in [-0.39, 0.29) is 15.8 Å². The summed E-state index contributed by atoms with van der Waals surface area (Å²) in [4.78, 5) is 0. The maximum Gasteiger partial charge on any atom is 0.416 e. The predicted octanol–water partition coefficient (Wildman–Crippen LogP) is 12.3. The van der Waals surface area contributed by atoms with Crippen LogP contribution in [0, 0.1) is 0 Å². The summed E-state index contributed by atoms with van der Waals surface area (Å²) in [5.74, 6) is 0. The molecule has 0 amide bonds. The Bertz CT molecular complexity index is 905. The van der Waals surface area contributed by atoms with Crippen molar-refractivity contribution in [2.45, 2.75) is 162 Å². The zero-order valence-corrected chi connectivity index (χ0v) is 30.1. The highest BCUT2D eigenvalue weighted by Gasteiger charge is 2.42. The number of aromatic nitrogens is 2. The average Bonchev–Trinajstić information content (AvgIpc) is 3.00. The number of benzene rings is 1. The molecule has 0 spiro atoms. The lowest BCUT2D eigenvalue weighted by molar-refractivity contribution is -0.137. The Morgan fingerprint density at radius 1 is 0.538 bits per heavy atom. The molecule has 0 aliphatic carbocycles. The smallest absolute Gasteiger partial charge is 0.278 e. The Morgan fingerprint density at radius 2 is 0.846 bits per heavy atom. The number of aromatic amines is 1. The second kappa shape index (κ2) is 12.7. The van der Waals surface area contributed by atoms with Crippen LogP contribution in [-0.2, 0) is 6.18 Å². The van der Waals surface area contributed by atoms with Gasteiger partial charge < -0.3 is 0 Å². The van der Waals surface area contributed by atoms with E-state index in [1.165, 1.54) is 12.3 Å². The van der Waals surface area contributed by atoms with Gasteiger partial charge in [-0.3, -0.25) is 5.10 Å². The summed E-state index contributed by atoms with van der Waals surface area (Å²) < 4.78 is 36.6. The molecule has 7 heteroatoms. The van der Waals surface area contributed by atoms with Gasteiger partial charge in [-0.15, -0.1) is 0 Å². The van der Waals surface area contributed by atoms with Crippen molar-refractivity contribution in [2.24, 2.45) is 0 Å². The quantitative estimate of drug-likeness (QED) is 0.304. The molecule has 1 aromatic carbocycles. The van der Waals surface area contributed by atoms with Crippen molar-refractivity contribution >= 4 is 26.7 Å². The van der Waals surface area contributed by atoms with Crippen LogP contribution in [0.5, 0.6) is 0 Å². The molecular weight excluding hydrogens is 531 g/mol. The van der Waals surface area contributed by atoms with E-state index in [0.29, 0.717) is 41.8 Å². The summed E-state index contributed by atoms with van der Waals surface area (Å²) in [6.07, 6.45) is -2.81. The third kappa shape index (κ3) is 12.8. The summed E-state index contributed by atoms with van der Waals surface area (Å²) in [6.45, 7) is 42.9. The third-order valence-corrected chi connectivity index (χ3v) is 13.8. The third-order valence-electron chi connectivity index (χ3n) is 5.79. The fraction of sp³-hybridized carbons (Fsp3) is 0.781. The van der Waals surface area contributed by atoms with Crippen molar-refractivity contribution in [3.05, 3.63) is 30.0 Å². The molecule has 0 bridgehead atoms. The topological polar surface area (TPSA) is 28.7 Å². The molecule has 2 rings (SSSR count). The van der Waals surface area contributed by atoms with E-state index in [4.69, 9.17) is 0 Å². The van der Waals surface area contributed by atoms with E-state index in [0.717, 1.165) is 12.1 Å². The fourth-order valence-corrected chi connectivity index (χ4v) is 19.2. The molecule has 1 heterocycles. The highest BCUT2D eigenvalue weighted by molar-refractivity contribution is 7.62. The Labute approximate surface area is 241 Å². The van der Waals surface area contributed by atoms with Crippen LogP contribution >= 0.6 is 15.8 Å². The molecule has 2 aromatic rings. The molecule has 0 saturated heterocycles. The Hall–Kier alpha value is -0.660. The number of rotatable bonds is 0. The highest BCUT2D eigenvalue weighted by Crippen LogP contribution is 2.67. The molecular formula is C32H59F3N2P2. The monoisotopic (exact) mass is 590 g/mol. The van der Waals surface area contributed by atoms with Crippen molar-refractivity contribution in [1.82, 2.24) is 10.2 Å². The molecule has 0 aliphatic heterocycles. The van der Waals surface area contributed by atoms with Crippen molar-refractivity contribution in [2.75, 3.05) is 0 Å². The number of nitrogens with one attached hydrogen (secondary N) is 1. The van der Waals surface area contributed by atoms with Gasteiger partial charge in [0.25, 0.3) is 0 Å². The van der Waals surface area contributed by atoms with Crippen LogP contribution in [-0.4, -0.2) is 41.1 Å². The lowest BCUT2D eigenvalue weighted by Crippen LogP contribution is -2.34. The molecule has 0 unspecified atom stereocenters. The Kier molecular flexibility index (Phi) is 12.5. The first-order valence-corrected chi connectivity index (χ1v) is 16.6. The molecule has 0 aliphatic rings. The van der Waals surface area contributed by atoms with Gasteiger partial charge in [0.1, 0.15) is 0 Å². The van der Waals surface area contributed by atoms with Gasteiger partial charge in [-0.25, -0.2) is 0 Å². The summed E-state index contributed by atoms with van der Waals surface area (Å²) >= 11 is 0. The maximum absolute atomic E-state index is 12.2. The molecule has 0 fully saturated rings. The van der Waals surface area contributed by atoms with E-state index in [2.05, 4.69) is 135 Å². The molecule has 0 atom stereocenters. The largest absolute Gasteiger partial charge is 0.416 e. The van der Waals surface area contributed by atoms with Crippen LogP contribution in [0.4, 0.5) is 13.2 Å². The number of alkyl halides is 3. The zero-order valence-electron chi connectivity index (χ0n) is 28.3. The van der Waals surface area contributed by atoms with Gasteiger partial charge in [0, 0.05) is 5.39 Å². The summed E-state index contributed by atoms with van der Waals surface area (Å²) in [6, 6.07) is 3.47. The maximum atomic E-state index is 12.2. The number of hydrogen-bond acceptors (Lipinski definition) is 1. The van der Waals surface area contributed by atoms with Crippen LogP contribution in [0.2, 0.25) is 0 Å². The normalized spacial score (nSPS) is 14.2. The minimum atomic E-state index is -4.29. The Balaban J connectivity index is 0.000000555. The van der Waals surface area contributed by atoms with E-state index < -0.39 is 11.7 Å². The van der Waals surface area contributed by atoms with E-state index in [9.17, 15) is 13.2 Å². The highest BCUT2D eigenvalue weighted by atomic mass is 31.1. The minimum Gasteiger partial charge on any atom is -0.278 e. The first-order valence-electron chi connectivity index (χ1n) is 13.9. The van der Waals surface area contributed by atoms with Crippen molar-refractivity contribution in [3.8, 4) is 0 Å². The molecule has 0 radical (unpaired) electrons. The Morgan fingerprint density at radius 3 is 1.08 bits per heavy atom. The predicted molar refractivity (Wildman–Crippen MR) is 173 cm³/mol. The van der Waals surface area contributed by atoms with Gasteiger partial charge in [0.2, 0.25) is 0 Å². The molecule has 1 aromatic heterocycles. The molecule has 228 valence electrons. The molecule has 2 nitrogen and oxygen atoms in total. The summed E-state index contributed by atoms with van der Waals surface area (Å²) in [7, 11) is 0.0324. The molecule has 1 N–H and O–H groups in total. The zero-order chi connectivity index (χ0) is 31.6. The second-order valence-corrected chi connectivity index (χ2v) is 25.8. The lowest BCUT2D eigenvalue weighted by Gasteiger charge is -2.49. The van der Waals surface area contributed by atoms with Crippen LogP contribution in [0.1, 0.15) is 130 Å². The van der Waals surface area contributed by atoms with E-state index in [1.807, 2.05) is 0 Å². The van der Waals surface area contributed by atoms with Gasteiger partial charge in [0.05, 0.1) is 17.3 Å². The van der Waals surface area contributed by atoms with E-state index in [1.54, 1.807) is 0 Å². The SMILES string of the molecule is CC(C)(C)P(C(C)(C)C)C(C)(C)C.CC(C)(C)P(C(C)(C)C)C(C)(C)C.FC(F)(F)c1ccc2cn[nH]c2c1. The second-order valence-electron chi connectivity index (χ2n) is 16.4. The first kappa shape index (κ1) is 38.3. The minimum absolute atomic E-state index is 0.0162. The van der Waals surface area contributed by atoms with Crippen LogP contribution in [0.15, 0.2) is 24.4 Å². The number of hydrogen-bond donors (Lipinski definition) is 1. The van der Waals surface area contributed by atoms with E-state index >= 15 is 0 Å². The summed E-state index contributed by atoms with van der Waals surface area (Å²) in [5.41, 5.74) is -0.265.